The van der Waals surface area contributed by atoms with E-state index in [9.17, 15) is 59.4 Å². The molecule has 0 fully saturated rings. The molecule has 6 N–H and O–H groups in total. The molecule has 0 aromatic heterocycles. The van der Waals surface area contributed by atoms with Crippen molar-refractivity contribution in [3.8, 4) is 33.4 Å². The molecule has 55 heavy (non-hydrogen) atoms. The number of carboxylic acid groups (broad SMARTS) is 6. The molecular formula is C42H27NO12. The van der Waals surface area contributed by atoms with E-state index < -0.39 is 35.8 Å². The number of nitrogens with zero attached hydrogens (tertiary/aromatic N) is 1. The zero-order chi connectivity index (χ0) is 39.6. The second kappa shape index (κ2) is 14.9. The molecule has 0 heterocycles. The van der Waals surface area contributed by atoms with Crippen LogP contribution >= 0.6 is 0 Å². The number of hydrogen-bond donors (Lipinski definition) is 6. The lowest BCUT2D eigenvalue weighted by Crippen LogP contribution is -2.10. The van der Waals surface area contributed by atoms with Gasteiger partial charge in [-0.15, -0.1) is 0 Å². The number of benzene rings is 6. The van der Waals surface area contributed by atoms with Crippen LogP contribution in [0.1, 0.15) is 62.1 Å². The van der Waals surface area contributed by atoms with Gasteiger partial charge in [-0.1, -0.05) is 36.4 Å². The molecule has 0 atom stereocenters. The van der Waals surface area contributed by atoms with Crippen molar-refractivity contribution in [3.05, 3.63) is 161 Å². The molecule has 0 saturated heterocycles. The van der Waals surface area contributed by atoms with Crippen LogP contribution in [-0.2, 0) is 0 Å². The Labute approximate surface area is 310 Å². The Balaban J connectivity index is 1.44. The van der Waals surface area contributed by atoms with Crippen LogP contribution in [0.3, 0.4) is 0 Å². The van der Waals surface area contributed by atoms with Gasteiger partial charge in [-0.25, -0.2) is 28.8 Å². The minimum atomic E-state index is -1.29. The minimum absolute atomic E-state index is 0.200. The standard InChI is InChI=1S/C42H27NO12/c44-37(45)28-13-25(14-29(19-28)38(46)47)22-1-7-34(8-2-22)43(35-9-3-23(4-10-35)26-15-30(39(48)49)20-31(16-26)40(50)51)36-11-5-24(6-12-36)27-17-32(41(52)53)21-33(18-27)42(54)55/h1-21H,(H,44,45)(H,46,47)(H,48,49)(H,50,51)(H,52,53)(H,54,55). The van der Waals surface area contributed by atoms with Crippen LogP contribution in [0.15, 0.2) is 127 Å². The van der Waals surface area contributed by atoms with E-state index in [-0.39, 0.29) is 33.4 Å². The highest BCUT2D eigenvalue weighted by Crippen LogP contribution is 2.38. The quantitative estimate of drug-likeness (QED) is 0.0695. The van der Waals surface area contributed by atoms with E-state index in [1.54, 1.807) is 72.8 Å². The van der Waals surface area contributed by atoms with Crippen LogP contribution in [0.25, 0.3) is 33.4 Å². The lowest BCUT2D eigenvalue weighted by Gasteiger charge is -2.26. The normalized spacial score (nSPS) is 10.7. The van der Waals surface area contributed by atoms with E-state index in [0.29, 0.717) is 50.4 Å². The highest BCUT2D eigenvalue weighted by molar-refractivity contribution is 5.98. The van der Waals surface area contributed by atoms with Crippen molar-refractivity contribution < 1.29 is 59.4 Å². The molecule has 6 aromatic carbocycles. The summed E-state index contributed by atoms with van der Waals surface area (Å²) in [6.45, 7) is 0. The molecule has 0 spiro atoms. The van der Waals surface area contributed by atoms with Gasteiger partial charge in [-0.3, -0.25) is 0 Å². The molecule has 0 saturated carbocycles. The molecule has 0 bridgehead atoms. The van der Waals surface area contributed by atoms with E-state index in [2.05, 4.69) is 0 Å². The van der Waals surface area contributed by atoms with Crippen molar-refractivity contribution >= 4 is 52.9 Å². The van der Waals surface area contributed by atoms with Gasteiger partial charge in [0.15, 0.2) is 0 Å². The monoisotopic (exact) mass is 737 g/mol. The van der Waals surface area contributed by atoms with Crippen molar-refractivity contribution in [1.82, 2.24) is 0 Å². The first-order valence-corrected chi connectivity index (χ1v) is 16.1. The van der Waals surface area contributed by atoms with Crippen LogP contribution in [0.2, 0.25) is 0 Å². The number of rotatable bonds is 12. The van der Waals surface area contributed by atoms with Gasteiger partial charge in [0.1, 0.15) is 0 Å². The first-order valence-electron chi connectivity index (χ1n) is 16.1. The largest absolute Gasteiger partial charge is 0.478 e. The van der Waals surface area contributed by atoms with Gasteiger partial charge in [0, 0.05) is 17.1 Å². The van der Waals surface area contributed by atoms with Gasteiger partial charge in [0.05, 0.1) is 33.4 Å². The van der Waals surface area contributed by atoms with Gasteiger partial charge in [-0.2, -0.15) is 0 Å². The van der Waals surface area contributed by atoms with Crippen molar-refractivity contribution in [2.75, 3.05) is 4.90 Å². The Morgan fingerprint density at radius 1 is 0.273 bits per heavy atom. The summed E-state index contributed by atoms with van der Waals surface area (Å²) >= 11 is 0. The topological polar surface area (TPSA) is 227 Å². The third-order valence-corrected chi connectivity index (χ3v) is 8.66. The Kier molecular flexibility index (Phi) is 9.94. The zero-order valence-corrected chi connectivity index (χ0v) is 28.2. The molecule has 0 unspecified atom stereocenters. The minimum Gasteiger partial charge on any atom is -0.478 e. The summed E-state index contributed by atoms with van der Waals surface area (Å²) in [5.41, 5.74) is 3.25. The maximum atomic E-state index is 11.7. The van der Waals surface area contributed by atoms with Gasteiger partial charge in [-0.05, 0) is 124 Å². The van der Waals surface area contributed by atoms with Crippen LogP contribution in [0, 0.1) is 0 Å². The van der Waals surface area contributed by atoms with E-state index in [1.807, 2.05) is 4.90 Å². The van der Waals surface area contributed by atoms with E-state index in [4.69, 9.17) is 0 Å². The highest BCUT2D eigenvalue weighted by Gasteiger charge is 2.18. The molecule has 6 rings (SSSR count). The van der Waals surface area contributed by atoms with Crippen LogP contribution in [0.5, 0.6) is 0 Å². The molecular weight excluding hydrogens is 710 g/mol. The molecule has 0 radical (unpaired) electrons. The third-order valence-electron chi connectivity index (χ3n) is 8.66. The molecule has 6 aromatic rings. The molecule has 0 aliphatic carbocycles. The van der Waals surface area contributed by atoms with Crippen molar-refractivity contribution in [1.29, 1.82) is 0 Å². The summed E-state index contributed by atoms with van der Waals surface area (Å²) in [5.74, 6) is -7.74. The van der Waals surface area contributed by atoms with Gasteiger partial charge in [0.2, 0.25) is 0 Å². The van der Waals surface area contributed by atoms with Crippen molar-refractivity contribution in [2.45, 2.75) is 0 Å². The second-order valence-corrected chi connectivity index (χ2v) is 12.2. The summed E-state index contributed by atoms with van der Waals surface area (Å²) in [5, 5.41) is 57.4. The maximum Gasteiger partial charge on any atom is 0.335 e. The number of carboxylic acids is 6. The fraction of sp³-hybridized carbons (Fsp3) is 0. The molecule has 0 aliphatic rings. The lowest BCUT2D eigenvalue weighted by atomic mass is 9.98. The van der Waals surface area contributed by atoms with Crippen LogP contribution < -0.4 is 4.90 Å². The van der Waals surface area contributed by atoms with E-state index >= 15 is 0 Å². The summed E-state index contributed by atoms with van der Waals surface area (Å²) < 4.78 is 0. The molecule has 0 amide bonds. The van der Waals surface area contributed by atoms with Crippen LogP contribution in [0.4, 0.5) is 17.1 Å². The average molecular weight is 738 g/mol. The summed E-state index contributed by atoms with van der Waals surface area (Å²) in [7, 11) is 0. The number of carbonyl (C=O) groups is 6. The summed E-state index contributed by atoms with van der Waals surface area (Å²) in [4.78, 5) is 72.2. The number of aromatic carboxylic acids is 6. The zero-order valence-electron chi connectivity index (χ0n) is 28.2. The SMILES string of the molecule is O=C(O)c1cc(C(=O)O)cc(-c2ccc(N(c3ccc(-c4cc(C(=O)O)cc(C(=O)O)c4)cc3)c3ccc(-c4cc(C(=O)O)cc(C(=O)O)c4)cc3)cc2)c1. The lowest BCUT2D eigenvalue weighted by molar-refractivity contribution is 0.0676. The van der Waals surface area contributed by atoms with Crippen molar-refractivity contribution in [2.24, 2.45) is 0 Å². The van der Waals surface area contributed by atoms with Crippen molar-refractivity contribution in [3.63, 3.8) is 0 Å². The first-order chi connectivity index (χ1) is 26.2. The fourth-order valence-corrected chi connectivity index (χ4v) is 5.98. The third kappa shape index (κ3) is 7.90. The Bertz CT molecular complexity index is 2160. The number of anilines is 3. The number of hydrogen-bond acceptors (Lipinski definition) is 7. The maximum absolute atomic E-state index is 11.7. The van der Waals surface area contributed by atoms with Gasteiger partial charge >= 0.3 is 35.8 Å². The van der Waals surface area contributed by atoms with E-state index in [1.165, 1.54) is 36.4 Å². The highest BCUT2D eigenvalue weighted by atomic mass is 16.4. The second-order valence-electron chi connectivity index (χ2n) is 12.2. The van der Waals surface area contributed by atoms with Gasteiger partial charge < -0.3 is 35.5 Å². The predicted octanol–water partition coefficient (Wildman–Crippen LogP) is 8.35. The fourth-order valence-electron chi connectivity index (χ4n) is 5.98. The first kappa shape index (κ1) is 36.7. The smallest absolute Gasteiger partial charge is 0.335 e. The van der Waals surface area contributed by atoms with Gasteiger partial charge in [0.25, 0.3) is 0 Å². The Morgan fingerprint density at radius 3 is 0.618 bits per heavy atom. The molecule has 13 nitrogen and oxygen atoms in total. The summed E-state index contributed by atoms with van der Waals surface area (Å²) in [6.07, 6.45) is 0. The average Bonchev–Trinajstić information content (AvgIpc) is 3.18. The predicted molar refractivity (Wildman–Crippen MR) is 199 cm³/mol. The molecule has 0 aliphatic heterocycles. The Morgan fingerprint density at radius 2 is 0.455 bits per heavy atom. The molecule has 13 heteroatoms. The molecule has 272 valence electrons. The Hall–Kier alpha value is -8.06. The van der Waals surface area contributed by atoms with Crippen LogP contribution in [-0.4, -0.2) is 66.5 Å². The van der Waals surface area contributed by atoms with E-state index in [0.717, 1.165) is 18.2 Å². The summed E-state index contributed by atoms with van der Waals surface area (Å²) in [6, 6.07) is 31.9.